The molecule has 0 aromatic heterocycles. The summed E-state index contributed by atoms with van der Waals surface area (Å²) in [5, 5.41) is 2.32. The van der Waals surface area contributed by atoms with Gasteiger partial charge in [0.15, 0.2) is 5.96 Å². The Kier molecular flexibility index (Phi) is 7.76. The second-order valence-corrected chi connectivity index (χ2v) is 7.73. The van der Waals surface area contributed by atoms with Crippen LogP contribution in [0.3, 0.4) is 0 Å². The lowest BCUT2D eigenvalue weighted by atomic mass is 10.1. The Morgan fingerprint density at radius 1 is 1.50 bits per heavy atom. The van der Waals surface area contributed by atoms with Gasteiger partial charge in [-0.1, -0.05) is 0 Å². The van der Waals surface area contributed by atoms with Crippen molar-refractivity contribution in [1.82, 2.24) is 14.9 Å². The highest BCUT2D eigenvalue weighted by molar-refractivity contribution is 7.89. The number of hydrogen-bond acceptors (Lipinski definition) is 7. The van der Waals surface area contributed by atoms with Crippen LogP contribution in [0, 0.1) is 0 Å². The number of sulfonamides is 1. The van der Waals surface area contributed by atoms with E-state index in [1.165, 1.54) is 11.9 Å². The van der Waals surface area contributed by atoms with Crippen LogP contribution in [-0.4, -0.2) is 75.5 Å². The van der Waals surface area contributed by atoms with Crippen LogP contribution >= 0.6 is 0 Å². The van der Waals surface area contributed by atoms with Crippen LogP contribution < -0.4 is 27.2 Å². The van der Waals surface area contributed by atoms with E-state index >= 15 is 0 Å². The van der Waals surface area contributed by atoms with Gasteiger partial charge in [-0.15, -0.1) is 0 Å². The predicted octanol–water partition coefficient (Wildman–Crippen LogP) is -3.38. The summed E-state index contributed by atoms with van der Waals surface area (Å²) in [6.45, 7) is 0.377. The van der Waals surface area contributed by atoms with Gasteiger partial charge in [0.2, 0.25) is 21.9 Å². The molecule has 12 nitrogen and oxygen atoms in total. The Morgan fingerprint density at radius 3 is 2.69 bits per heavy atom. The lowest BCUT2D eigenvalue weighted by Gasteiger charge is -2.30. The van der Waals surface area contributed by atoms with E-state index in [9.17, 15) is 18.0 Å². The number of nitrogens with one attached hydrogen (secondary N) is 2. The molecule has 1 heterocycles. The molecule has 0 saturated heterocycles. The van der Waals surface area contributed by atoms with Crippen LogP contribution in [-0.2, 0) is 19.6 Å². The van der Waals surface area contributed by atoms with Crippen molar-refractivity contribution >= 4 is 33.8 Å². The summed E-state index contributed by atoms with van der Waals surface area (Å²) in [6.07, 6.45) is 2.18. The number of guanidine groups is 2. The molecular formula is C13H26N8O4S. The Bertz CT molecular complexity index is 686. The molecule has 8 N–H and O–H groups in total. The second-order valence-electron chi connectivity index (χ2n) is 5.99. The fraction of sp³-hybridized carbons (Fsp3) is 0.692. The van der Waals surface area contributed by atoms with Gasteiger partial charge in [-0.2, -0.15) is 0 Å². The largest absolute Gasteiger partial charge is 0.370 e. The van der Waals surface area contributed by atoms with Gasteiger partial charge in [0.05, 0.1) is 12.8 Å². The zero-order valence-corrected chi connectivity index (χ0v) is 15.6. The molecule has 0 saturated carbocycles. The maximum atomic E-state index is 12.3. The number of carbonyl (C=O) groups excluding carboxylic acids is 2. The number of rotatable bonds is 8. The number of aliphatic imine (C=N–C) groups is 2. The smallest absolute Gasteiger partial charge is 0.251 e. The molecule has 1 aliphatic rings. The van der Waals surface area contributed by atoms with Crippen molar-refractivity contribution in [2.24, 2.45) is 27.2 Å². The maximum Gasteiger partial charge on any atom is 0.251 e. The first-order valence-corrected chi connectivity index (χ1v) is 9.78. The van der Waals surface area contributed by atoms with Crippen molar-refractivity contribution in [1.29, 1.82) is 0 Å². The molecule has 13 heteroatoms. The molecule has 0 fully saturated rings. The first-order valence-electron chi connectivity index (χ1n) is 7.89. The third kappa shape index (κ3) is 7.65. The van der Waals surface area contributed by atoms with Gasteiger partial charge >= 0.3 is 0 Å². The third-order valence-electron chi connectivity index (χ3n) is 3.57. The zero-order valence-electron chi connectivity index (χ0n) is 14.8. The van der Waals surface area contributed by atoms with Crippen molar-refractivity contribution in [2.75, 3.05) is 26.4 Å². The molecule has 2 atom stereocenters. The topological polar surface area (TPSA) is 198 Å². The number of carbonyl (C=O) groups is 2. The molecule has 2 amide bonds. The number of nitrogens with zero attached hydrogens (tertiary/aromatic N) is 3. The van der Waals surface area contributed by atoms with Gasteiger partial charge in [0, 0.05) is 26.1 Å². The van der Waals surface area contributed by atoms with Gasteiger partial charge in [0.25, 0.3) is 5.91 Å². The molecule has 0 aromatic rings. The highest BCUT2D eigenvalue weighted by Gasteiger charge is 2.31. The Labute approximate surface area is 152 Å². The highest BCUT2D eigenvalue weighted by atomic mass is 32.2. The van der Waals surface area contributed by atoms with E-state index < -0.39 is 28.0 Å². The molecular weight excluding hydrogens is 364 g/mol. The lowest BCUT2D eigenvalue weighted by Crippen LogP contribution is -2.57. The summed E-state index contributed by atoms with van der Waals surface area (Å²) < 4.78 is 24.4. The molecule has 0 spiro atoms. The maximum absolute atomic E-state index is 12.3. The number of likely N-dealkylation sites (N-methyl/N-ethyl adjacent to an activating group) is 1. The minimum atomic E-state index is -3.55. The standard InChI is InChI=1S/C13H26N8O4S/c1-21(10(22)6-8(14)4-3-5-17-12(15)16)9-7-18-13(19-11(9)23)20-26(2,24)25/h8-9H,3-7,14H2,1-2H3,(H4,15,16,17)(H2,18,19,20,23)/t8-,9+/m0/s1. The van der Waals surface area contributed by atoms with E-state index in [0.717, 1.165) is 6.26 Å². The van der Waals surface area contributed by atoms with E-state index in [1.807, 2.05) is 0 Å². The number of nitrogens with two attached hydrogens (primary N) is 3. The molecule has 0 aliphatic carbocycles. The molecule has 1 aliphatic heterocycles. The Hall–Kier alpha value is -2.41. The lowest BCUT2D eigenvalue weighted by molar-refractivity contribution is -0.138. The summed E-state index contributed by atoms with van der Waals surface area (Å²) in [5.74, 6) is -0.994. The van der Waals surface area contributed by atoms with Crippen LogP contribution in [0.1, 0.15) is 19.3 Å². The molecule has 0 bridgehead atoms. The van der Waals surface area contributed by atoms with E-state index in [-0.39, 0.29) is 30.8 Å². The SMILES string of the molecule is CN(C(=O)C[C@@H](N)CCCN=C(N)N)[C@@H]1CN=C(NS(C)(=O)=O)NC1=O. The molecule has 26 heavy (non-hydrogen) atoms. The van der Waals surface area contributed by atoms with Crippen molar-refractivity contribution in [2.45, 2.75) is 31.3 Å². The van der Waals surface area contributed by atoms with Gasteiger partial charge in [-0.3, -0.25) is 24.6 Å². The molecule has 1 rings (SSSR count). The minimum Gasteiger partial charge on any atom is -0.370 e. The summed E-state index contributed by atoms with van der Waals surface area (Å²) in [4.78, 5) is 33.4. The monoisotopic (exact) mass is 390 g/mol. The van der Waals surface area contributed by atoms with Gasteiger partial charge in [-0.25, -0.2) is 13.4 Å². The Morgan fingerprint density at radius 2 is 2.15 bits per heavy atom. The fourth-order valence-corrected chi connectivity index (χ4v) is 2.70. The fourth-order valence-electron chi connectivity index (χ4n) is 2.24. The van der Waals surface area contributed by atoms with Crippen molar-refractivity contribution < 1.29 is 18.0 Å². The van der Waals surface area contributed by atoms with E-state index in [1.54, 1.807) is 0 Å². The highest BCUT2D eigenvalue weighted by Crippen LogP contribution is 2.08. The molecule has 148 valence electrons. The average Bonchev–Trinajstić information content (AvgIpc) is 2.49. The molecule has 0 aromatic carbocycles. The predicted molar refractivity (Wildman–Crippen MR) is 97.5 cm³/mol. The van der Waals surface area contributed by atoms with Crippen molar-refractivity contribution in [3.63, 3.8) is 0 Å². The van der Waals surface area contributed by atoms with Crippen molar-refractivity contribution in [3.8, 4) is 0 Å². The van der Waals surface area contributed by atoms with Gasteiger partial charge in [0.1, 0.15) is 6.04 Å². The average molecular weight is 390 g/mol. The van der Waals surface area contributed by atoms with Crippen LogP contribution in [0.5, 0.6) is 0 Å². The third-order valence-corrected chi connectivity index (χ3v) is 4.14. The van der Waals surface area contributed by atoms with Crippen LogP contribution in [0.15, 0.2) is 9.98 Å². The quantitative estimate of drug-likeness (QED) is 0.162. The Balaban J connectivity index is 2.52. The van der Waals surface area contributed by atoms with Crippen LogP contribution in [0.4, 0.5) is 0 Å². The first kappa shape index (κ1) is 21.6. The van der Waals surface area contributed by atoms with Gasteiger partial charge in [-0.05, 0) is 12.8 Å². The van der Waals surface area contributed by atoms with Crippen LogP contribution in [0.25, 0.3) is 0 Å². The summed E-state index contributed by atoms with van der Waals surface area (Å²) in [5.41, 5.74) is 16.4. The summed E-state index contributed by atoms with van der Waals surface area (Å²) >= 11 is 0. The minimum absolute atomic E-state index is 0.00276. The van der Waals surface area contributed by atoms with Gasteiger partial charge < -0.3 is 22.1 Å². The summed E-state index contributed by atoms with van der Waals surface area (Å²) in [7, 11) is -2.08. The van der Waals surface area contributed by atoms with E-state index in [4.69, 9.17) is 17.2 Å². The molecule has 0 unspecified atom stereocenters. The van der Waals surface area contributed by atoms with E-state index in [0.29, 0.717) is 19.4 Å². The summed E-state index contributed by atoms with van der Waals surface area (Å²) in [6, 6.07) is -1.22. The van der Waals surface area contributed by atoms with Crippen molar-refractivity contribution in [3.05, 3.63) is 0 Å². The first-order chi connectivity index (χ1) is 12.0. The second kappa shape index (κ2) is 9.33. The molecule has 0 radical (unpaired) electrons. The van der Waals surface area contributed by atoms with Crippen LogP contribution in [0.2, 0.25) is 0 Å². The number of amides is 2. The zero-order chi connectivity index (χ0) is 19.9. The number of hydrogen-bond donors (Lipinski definition) is 5. The normalized spacial score (nSPS) is 18.3. The van der Waals surface area contributed by atoms with E-state index in [2.05, 4.69) is 20.0 Å².